The molecule has 180 valence electrons. The number of amides is 2. The highest BCUT2D eigenvalue weighted by Crippen LogP contribution is 2.31. The zero-order chi connectivity index (χ0) is 24.6. The fourth-order valence-electron chi connectivity index (χ4n) is 3.03. The lowest BCUT2D eigenvalue weighted by atomic mass is 10.2. The molecular weight excluding hydrogens is 488 g/mol. The van der Waals surface area contributed by atoms with Gasteiger partial charge >= 0.3 is 0 Å². The standard InChI is InChI=1S/C24H22N4O5S2/c1-31-19-10-9-17(12-20(19)32-2)33-14-21-27-28-24(35-21)23(30)26-16-7-5-15(6-8-16)22(29)25-13-18-4-3-11-34-18/h3-12H,13-14H2,1-2H3,(H,25,29)(H,26,30). The van der Waals surface area contributed by atoms with E-state index in [0.717, 1.165) is 16.2 Å². The van der Waals surface area contributed by atoms with Crippen LogP contribution in [-0.2, 0) is 13.2 Å². The molecule has 2 N–H and O–H groups in total. The first kappa shape index (κ1) is 24.2. The van der Waals surface area contributed by atoms with Crippen molar-refractivity contribution in [2.75, 3.05) is 19.5 Å². The third-order valence-corrected chi connectivity index (χ3v) is 6.56. The Morgan fingerprint density at radius 2 is 1.74 bits per heavy atom. The minimum atomic E-state index is -0.394. The van der Waals surface area contributed by atoms with Crippen LogP contribution in [0.15, 0.2) is 60.0 Å². The molecule has 35 heavy (non-hydrogen) atoms. The van der Waals surface area contributed by atoms with Gasteiger partial charge in [-0.2, -0.15) is 0 Å². The van der Waals surface area contributed by atoms with Crippen LogP contribution in [0.1, 0.15) is 30.0 Å². The molecule has 0 fully saturated rings. The van der Waals surface area contributed by atoms with Crippen molar-refractivity contribution in [3.63, 3.8) is 0 Å². The quantitative estimate of drug-likeness (QED) is 0.326. The Balaban J connectivity index is 1.29. The third kappa shape index (κ3) is 6.34. The lowest BCUT2D eigenvalue weighted by molar-refractivity contribution is 0.0950. The Kier molecular flexibility index (Phi) is 7.91. The van der Waals surface area contributed by atoms with Crippen LogP contribution in [0.3, 0.4) is 0 Å². The van der Waals surface area contributed by atoms with Crippen molar-refractivity contribution in [3.05, 3.63) is 80.4 Å². The van der Waals surface area contributed by atoms with Gasteiger partial charge < -0.3 is 24.8 Å². The fourth-order valence-corrected chi connectivity index (χ4v) is 4.32. The molecule has 0 saturated heterocycles. The van der Waals surface area contributed by atoms with Gasteiger partial charge in [0.1, 0.15) is 12.4 Å². The predicted molar refractivity (Wildman–Crippen MR) is 134 cm³/mol. The summed E-state index contributed by atoms with van der Waals surface area (Å²) >= 11 is 2.72. The molecule has 2 aromatic heterocycles. The Bertz CT molecular complexity index is 1290. The molecule has 0 atom stereocenters. The summed E-state index contributed by atoms with van der Waals surface area (Å²) in [5.74, 6) is 1.15. The van der Waals surface area contributed by atoms with E-state index in [4.69, 9.17) is 14.2 Å². The van der Waals surface area contributed by atoms with Crippen LogP contribution >= 0.6 is 22.7 Å². The molecule has 2 aromatic carbocycles. The molecule has 2 amide bonds. The summed E-state index contributed by atoms with van der Waals surface area (Å²) in [5, 5.41) is 16.3. The number of thiophene rings is 1. The minimum absolute atomic E-state index is 0.149. The highest BCUT2D eigenvalue weighted by molar-refractivity contribution is 7.13. The lowest BCUT2D eigenvalue weighted by Gasteiger charge is -2.09. The molecule has 0 aliphatic carbocycles. The van der Waals surface area contributed by atoms with Crippen molar-refractivity contribution < 1.29 is 23.8 Å². The summed E-state index contributed by atoms with van der Waals surface area (Å²) in [5.41, 5.74) is 1.05. The second-order valence-electron chi connectivity index (χ2n) is 7.10. The second kappa shape index (κ2) is 11.4. The molecule has 0 aliphatic rings. The minimum Gasteiger partial charge on any atom is -0.493 e. The zero-order valence-electron chi connectivity index (χ0n) is 18.9. The lowest BCUT2D eigenvalue weighted by Crippen LogP contribution is -2.22. The Hall–Kier alpha value is -3.96. The summed E-state index contributed by atoms with van der Waals surface area (Å²) in [6.07, 6.45) is 0. The Morgan fingerprint density at radius 1 is 0.943 bits per heavy atom. The van der Waals surface area contributed by atoms with Gasteiger partial charge in [-0.15, -0.1) is 21.5 Å². The van der Waals surface area contributed by atoms with Crippen molar-refractivity contribution in [3.8, 4) is 17.2 Å². The van der Waals surface area contributed by atoms with E-state index < -0.39 is 5.91 Å². The predicted octanol–water partition coefficient (Wildman–Crippen LogP) is 4.38. The number of benzene rings is 2. The number of nitrogens with zero attached hydrogens (tertiary/aromatic N) is 2. The topological polar surface area (TPSA) is 112 Å². The smallest absolute Gasteiger partial charge is 0.286 e. The van der Waals surface area contributed by atoms with Gasteiger partial charge in [-0.25, -0.2) is 0 Å². The van der Waals surface area contributed by atoms with E-state index in [1.54, 1.807) is 68.0 Å². The van der Waals surface area contributed by atoms with Crippen molar-refractivity contribution in [1.29, 1.82) is 0 Å². The SMILES string of the molecule is COc1ccc(OCc2nnc(C(=O)Nc3ccc(C(=O)NCc4cccs4)cc3)s2)cc1OC. The maximum atomic E-state index is 12.6. The summed E-state index contributed by atoms with van der Waals surface area (Å²) in [4.78, 5) is 25.9. The maximum Gasteiger partial charge on any atom is 0.286 e. The van der Waals surface area contributed by atoms with Crippen molar-refractivity contribution in [2.45, 2.75) is 13.2 Å². The van der Waals surface area contributed by atoms with E-state index in [1.165, 1.54) is 0 Å². The molecule has 0 aliphatic heterocycles. The van der Waals surface area contributed by atoms with Crippen LogP contribution in [0, 0.1) is 0 Å². The largest absolute Gasteiger partial charge is 0.493 e. The van der Waals surface area contributed by atoms with Crippen LogP contribution < -0.4 is 24.8 Å². The average Bonchev–Trinajstić information content (AvgIpc) is 3.59. The number of hydrogen-bond donors (Lipinski definition) is 2. The average molecular weight is 511 g/mol. The number of carbonyl (C=O) groups excluding carboxylic acids is 2. The van der Waals surface area contributed by atoms with Crippen molar-refractivity contribution >= 4 is 40.2 Å². The number of aromatic nitrogens is 2. The first-order valence-electron chi connectivity index (χ1n) is 10.4. The fraction of sp³-hybridized carbons (Fsp3) is 0.167. The molecule has 0 unspecified atom stereocenters. The van der Waals surface area contributed by atoms with Gasteiger partial charge in [-0.05, 0) is 47.8 Å². The molecule has 0 bridgehead atoms. The van der Waals surface area contributed by atoms with Crippen LogP contribution in [0.25, 0.3) is 0 Å². The summed E-state index contributed by atoms with van der Waals surface area (Å²) in [6, 6.07) is 15.7. The van der Waals surface area contributed by atoms with Gasteiger partial charge in [-0.1, -0.05) is 17.4 Å². The first-order chi connectivity index (χ1) is 17.1. The van der Waals surface area contributed by atoms with Gasteiger partial charge in [0.05, 0.1) is 20.8 Å². The van der Waals surface area contributed by atoms with E-state index in [-0.39, 0.29) is 17.5 Å². The van der Waals surface area contributed by atoms with Crippen LogP contribution in [0.2, 0.25) is 0 Å². The van der Waals surface area contributed by atoms with Crippen LogP contribution in [-0.4, -0.2) is 36.2 Å². The molecule has 9 nitrogen and oxygen atoms in total. The van der Waals surface area contributed by atoms with E-state index in [0.29, 0.717) is 40.1 Å². The molecule has 0 spiro atoms. The summed E-state index contributed by atoms with van der Waals surface area (Å²) < 4.78 is 16.2. The highest BCUT2D eigenvalue weighted by Gasteiger charge is 2.15. The molecule has 11 heteroatoms. The summed E-state index contributed by atoms with van der Waals surface area (Å²) in [6.45, 7) is 0.625. The van der Waals surface area contributed by atoms with Gasteiger partial charge in [0.15, 0.2) is 16.5 Å². The van der Waals surface area contributed by atoms with Gasteiger partial charge in [-0.3, -0.25) is 9.59 Å². The highest BCUT2D eigenvalue weighted by atomic mass is 32.1. The Labute approximate surface area is 209 Å². The molecule has 4 aromatic rings. The number of nitrogens with one attached hydrogen (secondary N) is 2. The van der Waals surface area contributed by atoms with Gasteiger partial charge in [0.25, 0.3) is 11.8 Å². The first-order valence-corrected chi connectivity index (χ1v) is 12.1. The van der Waals surface area contributed by atoms with Crippen LogP contribution in [0.4, 0.5) is 5.69 Å². The number of ether oxygens (including phenoxy) is 3. The van der Waals surface area contributed by atoms with E-state index in [2.05, 4.69) is 20.8 Å². The van der Waals surface area contributed by atoms with Gasteiger partial charge in [0, 0.05) is 22.2 Å². The maximum absolute atomic E-state index is 12.6. The van der Waals surface area contributed by atoms with E-state index >= 15 is 0 Å². The number of methoxy groups -OCH3 is 2. The monoisotopic (exact) mass is 510 g/mol. The van der Waals surface area contributed by atoms with E-state index in [1.807, 2.05) is 17.5 Å². The molecule has 0 radical (unpaired) electrons. The van der Waals surface area contributed by atoms with Crippen molar-refractivity contribution in [1.82, 2.24) is 15.5 Å². The van der Waals surface area contributed by atoms with E-state index in [9.17, 15) is 9.59 Å². The van der Waals surface area contributed by atoms with Gasteiger partial charge in [0.2, 0.25) is 5.01 Å². The zero-order valence-corrected chi connectivity index (χ0v) is 20.6. The molecule has 2 heterocycles. The second-order valence-corrected chi connectivity index (χ2v) is 9.19. The number of hydrogen-bond acceptors (Lipinski definition) is 9. The molecule has 0 saturated carbocycles. The van der Waals surface area contributed by atoms with Crippen molar-refractivity contribution in [2.24, 2.45) is 0 Å². The number of anilines is 1. The number of rotatable bonds is 10. The molecular formula is C24H22N4O5S2. The molecule has 4 rings (SSSR count). The van der Waals surface area contributed by atoms with Crippen LogP contribution in [0.5, 0.6) is 17.2 Å². The summed E-state index contributed by atoms with van der Waals surface area (Å²) in [7, 11) is 3.11. The Morgan fingerprint density at radius 3 is 2.46 bits per heavy atom. The number of carbonyl (C=O) groups is 2. The third-order valence-electron chi connectivity index (χ3n) is 4.79. The normalized spacial score (nSPS) is 10.5.